The molecule has 0 saturated carbocycles. The molecule has 1 heterocycles. The predicted octanol–water partition coefficient (Wildman–Crippen LogP) is 7.91. The van der Waals surface area contributed by atoms with E-state index in [1.54, 1.807) is 24.3 Å². The first-order valence-electron chi connectivity index (χ1n) is 9.20. The van der Waals surface area contributed by atoms with Gasteiger partial charge in [0.05, 0.1) is 5.52 Å². The smallest absolute Gasteiger partial charge is 0.123 e. The highest BCUT2D eigenvalue weighted by Gasteiger charge is 2.21. The molecule has 1 unspecified atom stereocenters. The van der Waals surface area contributed by atoms with Gasteiger partial charge in [0.25, 0.3) is 0 Å². The molecule has 4 rings (SSSR count). The molecule has 0 N–H and O–H groups in total. The first-order chi connectivity index (χ1) is 13.9. The van der Waals surface area contributed by atoms with Gasteiger partial charge in [0.1, 0.15) is 17.7 Å². The van der Waals surface area contributed by atoms with Gasteiger partial charge in [-0.3, -0.25) is 4.98 Å². The van der Waals surface area contributed by atoms with Crippen molar-refractivity contribution in [2.75, 3.05) is 0 Å². The maximum Gasteiger partial charge on any atom is 0.123 e. The fraction of sp³-hybridized carbons (Fsp3) is 0.125. The van der Waals surface area contributed by atoms with E-state index in [1.165, 1.54) is 12.1 Å². The molecule has 5 heteroatoms. The Morgan fingerprint density at radius 2 is 1.69 bits per heavy atom. The minimum absolute atomic E-state index is 0.267. The number of nitrogens with zero attached hydrogens (tertiary/aromatic N) is 1. The number of fused-ring (bicyclic) bond motifs is 1. The highest BCUT2D eigenvalue weighted by atomic mass is 79.9. The molecule has 146 valence electrons. The van der Waals surface area contributed by atoms with Crippen molar-refractivity contribution in [2.45, 2.75) is 20.0 Å². The van der Waals surface area contributed by atoms with E-state index in [1.807, 2.05) is 44.2 Å². The van der Waals surface area contributed by atoms with Crippen molar-refractivity contribution in [3.63, 3.8) is 0 Å². The second-order valence-electron chi connectivity index (χ2n) is 6.87. The van der Waals surface area contributed by atoms with E-state index < -0.39 is 0 Å². The lowest BCUT2D eigenvalue weighted by Gasteiger charge is -2.22. The molecule has 0 aliphatic rings. The fourth-order valence-electron chi connectivity index (χ4n) is 3.57. The molecule has 0 saturated heterocycles. The molecule has 1 atom stereocenters. The van der Waals surface area contributed by atoms with Crippen molar-refractivity contribution in [3.05, 3.63) is 93.3 Å². The van der Waals surface area contributed by atoms with Gasteiger partial charge in [-0.2, -0.15) is 0 Å². The third-order valence-electron chi connectivity index (χ3n) is 4.84. The summed E-state index contributed by atoms with van der Waals surface area (Å²) in [6.07, 6.45) is -0.271. The number of halogens is 3. The van der Waals surface area contributed by atoms with Crippen molar-refractivity contribution >= 4 is 38.4 Å². The van der Waals surface area contributed by atoms with Crippen molar-refractivity contribution in [1.82, 2.24) is 4.98 Å². The molecule has 29 heavy (non-hydrogen) atoms. The number of pyridine rings is 1. The first-order valence-corrected chi connectivity index (χ1v) is 10.4. The van der Waals surface area contributed by atoms with Gasteiger partial charge in [0.15, 0.2) is 0 Å². The van der Waals surface area contributed by atoms with Crippen LogP contribution in [0.2, 0.25) is 5.02 Å². The van der Waals surface area contributed by atoms with Gasteiger partial charge in [-0.25, -0.2) is 4.39 Å². The van der Waals surface area contributed by atoms with E-state index in [0.29, 0.717) is 5.02 Å². The number of hydrogen-bond acceptors (Lipinski definition) is 2. The Labute approximate surface area is 182 Å². The standard InChI is InChI=1S/C24H18BrClFNO/c1-14-23(15(2)29-20-10-6-18(26)7-11-20)24(16-3-8-19(27)9-4-16)21-13-17(25)5-12-22(21)28-14/h3-13,15H,1-2H3. The Balaban J connectivity index is 1.91. The molecule has 0 aliphatic heterocycles. The molecule has 0 bridgehead atoms. The lowest BCUT2D eigenvalue weighted by atomic mass is 9.92. The van der Waals surface area contributed by atoms with Crippen LogP contribution in [-0.4, -0.2) is 4.98 Å². The van der Waals surface area contributed by atoms with Gasteiger partial charge in [0, 0.05) is 26.1 Å². The summed E-state index contributed by atoms with van der Waals surface area (Å²) in [5, 5.41) is 1.64. The average Bonchev–Trinajstić information content (AvgIpc) is 2.70. The summed E-state index contributed by atoms with van der Waals surface area (Å²) < 4.78 is 20.8. The zero-order chi connectivity index (χ0) is 20.5. The summed E-state index contributed by atoms with van der Waals surface area (Å²) in [6, 6.07) is 19.8. The van der Waals surface area contributed by atoms with Crippen LogP contribution in [0.4, 0.5) is 4.39 Å². The second kappa shape index (κ2) is 8.13. The van der Waals surface area contributed by atoms with Gasteiger partial charge in [0.2, 0.25) is 0 Å². The number of aromatic nitrogens is 1. The van der Waals surface area contributed by atoms with Crippen LogP contribution in [-0.2, 0) is 0 Å². The zero-order valence-electron chi connectivity index (χ0n) is 15.9. The van der Waals surface area contributed by atoms with E-state index in [4.69, 9.17) is 21.3 Å². The average molecular weight is 471 g/mol. The highest BCUT2D eigenvalue weighted by molar-refractivity contribution is 9.10. The summed E-state index contributed by atoms with van der Waals surface area (Å²) in [5.74, 6) is 0.456. The Bertz CT molecular complexity index is 1180. The van der Waals surface area contributed by atoms with E-state index in [0.717, 1.165) is 43.5 Å². The Morgan fingerprint density at radius 1 is 1.00 bits per heavy atom. The van der Waals surface area contributed by atoms with E-state index in [2.05, 4.69) is 15.9 Å². The summed E-state index contributed by atoms with van der Waals surface area (Å²) in [6.45, 7) is 3.97. The minimum atomic E-state index is -0.271. The number of ether oxygens (including phenoxy) is 1. The van der Waals surface area contributed by atoms with Crippen molar-refractivity contribution < 1.29 is 9.13 Å². The van der Waals surface area contributed by atoms with Crippen molar-refractivity contribution in [2.24, 2.45) is 0 Å². The Morgan fingerprint density at radius 3 is 2.38 bits per heavy atom. The molecule has 4 aromatic rings. The number of hydrogen-bond donors (Lipinski definition) is 0. The first kappa shape index (κ1) is 19.9. The monoisotopic (exact) mass is 469 g/mol. The molecule has 0 aliphatic carbocycles. The second-order valence-corrected chi connectivity index (χ2v) is 8.22. The SMILES string of the molecule is Cc1nc2ccc(Br)cc2c(-c2ccc(F)cc2)c1C(C)Oc1ccc(Cl)cc1. The van der Waals surface area contributed by atoms with Crippen molar-refractivity contribution in [1.29, 1.82) is 0 Å². The van der Waals surface area contributed by atoms with Crippen LogP contribution >= 0.6 is 27.5 Å². The van der Waals surface area contributed by atoms with Crippen LogP contribution in [0.25, 0.3) is 22.0 Å². The number of aryl methyl sites for hydroxylation is 1. The molecule has 0 amide bonds. The molecule has 1 aromatic heterocycles. The van der Waals surface area contributed by atoms with Crippen LogP contribution in [0.3, 0.4) is 0 Å². The van der Waals surface area contributed by atoms with Crippen LogP contribution in [0, 0.1) is 12.7 Å². The largest absolute Gasteiger partial charge is 0.486 e. The van der Waals surface area contributed by atoms with Crippen LogP contribution < -0.4 is 4.74 Å². The molecule has 3 aromatic carbocycles. The molecule has 0 spiro atoms. The van der Waals surface area contributed by atoms with Crippen LogP contribution in [0.1, 0.15) is 24.3 Å². The third kappa shape index (κ3) is 4.14. The molecule has 2 nitrogen and oxygen atoms in total. The molecular formula is C24H18BrClFNO. The Hall–Kier alpha value is -2.43. The van der Waals surface area contributed by atoms with Gasteiger partial charge < -0.3 is 4.74 Å². The van der Waals surface area contributed by atoms with Gasteiger partial charge in [-0.15, -0.1) is 0 Å². The maximum absolute atomic E-state index is 13.6. The maximum atomic E-state index is 13.6. The van der Waals surface area contributed by atoms with Gasteiger partial charge >= 0.3 is 0 Å². The lowest BCUT2D eigenvalue weighted by molar-refractivity contribution is 0.226. The zero-order valence-corrected chi connectivity index (χ0v) is 18.3. The lowest BCUT2D eigenvalue weighted by Crippen LogP contribution is -2.09. The molecule has 0 radical (unpaired) electrons. The van der Waals surface area contributed by atoms with Gasteiger partial charge in [-0.05, 0) is 79.6 Å². The normalized spacial score (nSPS) is 12.2. The van der Waals surface area contributed by atoms with Gasteiger partial charge in [-0.1, -0.05) is 39.7 Å². The summed E-state index contributed by atoms with van der Waals surface area (Å²) in [7, 11) is 0. The van der Waals surface area contributed by atoms with Crippen LogP contribution in [0.15, 0.2) is 71.2 Å². The summed E-state index contributed by atoms with van der Waals surface area (Å²) in [5.41, 5.74) is 4.64. The fourth-order valence-corrected chi connectivity index (χ4v) is 4.06. The minimum Gasteiger partial charge on any atom is -0.486 e. The number of rotatable bonds is 4. The predicted molar refractivity (Wildman–Crippen MR) is 120 cm³/mol. The van der Waals surface area contributed by atoms with E-state index in [9.17, 15) is 4.39 Å². The highest BCUT2D eigenvalue weighted by Crippen LogP contribution is 2.39. The number of benzene rings is 3. The van der Waals surface area contributed by atoms with Crippen LogP contribution in [0.5, 0.6) is 5.75 Å². The van der Waals surface area contributed by atoms with Crippen molar-refractivity contribution in [3.8, 4) is 16.9 Å². The summed E-state index contributed by atoms with van der Waals surface area (Å²) >= 11 is 9.55. The van der Waals surface area contributed by atoms with E-state index >= 15 is 0 Å². The summed E-state index contributed by atoms with van der Waals surface area (Å²) in [4.78, 5) is 4.80. The quantitative estimate of drug-likeness (QED) is 0.302. The topological polar surface area (TPSA) is 22.1 Å². The Kier molecular flexibility index (Phi) is 5.57. The molecule has 0 fully saturated rings. The third-order valence-corrected chi connectivity index (χ3v) is 5.59. The van der Waals surface area contributed by atoms with E-state index in [-0.39, 0.29) is 11.9 Å². The molecular weight excluding hydrogens is 453 g/mol.